The van der Waals surface area contributed by atoms with E-state index in [0.29, 0.717) is 6.04 Å². The molecule has 1 aliphatic carbocycles. The summed E-state index contributed by atoms with van der Waals surface area (Å²) in [6.45, 7) is 1.02. The number of nitrogens with one attached hydrogen (secondary N) is 1. The monoisotopic (exact) mass is 347 g/mol. The second-order valence-electron chi connectivity index (χ2n) is 5.80. The van der Waals surface area contributed by atoms with E-state index in [1.807, 2.05) is 6.20 Å². The molecule has 1 N–H and O–H groups in total. The number of halogens is 1. The van der Waals surface area contributed by atoms with Crippen molar-refractivity contribution in [3.8, 4) is 0 Å². The Morgan fingerprint density at radius 2 is 2.14 bits per heavy atom. The number of aryl methyl sites for hydroxylation is 2. The molecule has 0 amide bonds. The van der Waals surface area contributed by atoms with Crippen LogP contribution in [0.25, 0.3) is 0 Å². The zero-order valence-corrected chi connectivity index (χ0v) is 13.4. The van der Waals surface area contributed by atoms with E-state index >= 15 is 0 Å². The van der Waals surface area contributed by atoms with Crippen molar-refractivity contribution >= 4 is 21.7 Å². The Balaban J connectivity index is 1.67. The Hall–Kier alpha value is -1.43. The van der Waals surface area contributed by atoms with Crippen LogP contribution in [-0.4, -0.2) is 26.5 Å². The van der Waals surface area contributed by atoms with Crippen LogP contribution in [0.15, 0.2) is 17.0 Å². The SMILES string of the molecule is Brc1cncnc1N1CCC[C@@H]1c1nc2c([nH]1)CCCC2. The smallest absolute Gasteiger partial charge is 0.146 e. The van der Waals surface area contributed by atoms with Gasteiger partial charge in [0.25, 0.3) is 0 Å². The van der Waals surface area contributed by atoms with Gasteiger partial charge in [-0.3, -0.25) is 0 Å². The van der Waals surface area contributed by atoms with Crippen molar-refractivity contribution in [2.24, 2.45) is 0 Å². The van der Waals surface area contributed by atoms with Crippen LogP contribution in [0.3, 0.4) is 0 Å². The molecule has 0 radical (unpaired) electrons. The third-order valence-electron chi connectivity index (χ3n) is 4.46. The first-order valence-electron chi connectivity index (χ1n) is 7.63. The first-order chi connectivity index (χ1) is 10.3. The molecule has 0 saturated carbocycles. The maximum atomic E-state index is 4.88. The second kappa shape index (κ2) is 5.40. The zero-order valence-electron chi connectivity index (χ0n) is 11.8. The van der Waals surface area contributed by atoms with Gasteiger partial charge in [0.15, 0.2) is 0 Å². The third-order valence-corrected chi connectivity index (χ3v) is 5.02. The molecule has 0 unspecified atom stereocenters. The molecule has 2 aromatic heterocycles. The number of aromatic nitrogens is 4. The Labute approximate surface area is 132 Å². The molecule has 2 aliphatic rings. The maximum Gasteiger partial charge on any atom is 0.146 e. The molecule has 5 nitrogen and oxygen atoms in total. The van der Waals surface area contributed by atoms with Gasteiger partial charge in [0.1, 0.15) is 18.0 Å². The molecule has 4 rings (SSSR count). The largest absolute Gasteiger partial charge is 0.345 e. The number of H-pyrrole nitrogens is 1. The minimum Gasteiger partial charge on any atom is -0.345 e. The van der Waals surface area contributed by atoms with Crippen LogP contribution in [0.1, 0.15) is 48.9 Å². The molecular weight excluding hydrogens is 330 g/mol. The van der Waals surface area contributed by atoms with Crippen LogP contribution < -0.4 is 4.90 Å². The van der Waals surface area contributed by atoms with Crippen LogP contribution in [0.5, 0.6) is 0 Å². The average Bonchev–Trinajstić information content (AvgIpc) is 3.13. The fourth-order valence-corrected chi connectivity index (χ4v) is 3.90. The average molecular weight is 348 g/mol. The summed E-state index contributed by atoms with van der Waals surface area (Å²) in [6, 6.07) is 0.307. The Morgan fingerprint density at radius 3 is 3.00 bits per heavy atom. The summed E-state index contributed by atoms with van der Waals surface area (Å²) in [7, 11) is 0. The van der Waals surface area contributed by atoms with Crippen molar-refractivity contribution in [2.45, 2.75) is 44.6 Å². The van der Waals surface area contributed by atoms with Gasteiger partial charge < -0.3 is 9.88 Å². The highest BCUT2D eigenvalue weighted by molar-refractivity contribution is 9.10. The summed E-state index contributed by atoms with van der Waals surface area (Å²) < 4.78 is 0.952. The summed E-state index contributed by atoms with van der Waals surface area (Å²) in [4.78, 5) is 19.3. The van der Waals surface area contributed by atoms with Crippen molar-refractivity contribution in [3.63, 3.8) is 0 Å². The first kappa shape index (κ1) is 13.2. The van der Waals surface area contributed by atoms with Gasteiger partial charge in [-0.15, -0.1) is 0 Å². The van der Waals surface area contributed by atoms with Gasteiger partial charge >= 0.3 is 0 Å². The number of imidazole rings is 1. The normalized spacial score (nSPS) is 21.6. The molecule has 3 heterocycles. The molecule has 1 aliphatic heterocycles. The number of aromatic amines is 1. The number of rotatable bonds is 2. The van der Waals surface area contributed by atoms with E-state index in [4.69, 9.17) is 4.98 Å². The first-order valence-corrected chi connectivity index (χ1v) is 8.42. The van der Waals surface area contributed by atoms with Gasteiger partial charge in [-0.25, -0.2) is 15.0 Å². The predicted molar refractivity (Wildman–Crippen MR) is 84.3 cm³/mol. The van der Waals surface area contributed by atoms with Gasteiger partial charge in [-0.1, -0.05) is 0 Å². The fourth-order valence-electron chi connectivity index (χ4n) is 3.46. The van der Waals surface area contributed by atoms with Gasteiger partial charge in [0.05, 0.1) is 16.2 Å². The number of hydrogen-bond acceptors (Lipinski definition) is 4. The quantitative estimate of drug-likeness (QED) is 0.906. The summed E-state index contributed by atoms with van der Waals surface area (Å²) >= 11 is 3.57. The van der Waals surface area contributed by atoms with E-state index in [9.17, 15) is 0 Å². The number of hydrogen-bond donors (Lipinski definition) is 1. The topological polar surface area (TPSA) is 57.7 Å². The Morgan fingerprint density at radius 1 is 1.24 bits per heavy atom. The van der Waals surface area contributed by atoms with E-state index in [1.165, 1.54) is 30.7 Å². The van der Waals surface area contributed by atoms with E-state index in [0.717, 1.165) is 41.9 Å². The molecule has 0 bridgehead atoms. The standard InChI is InChI=1S/C15H18BrN5/c16-10-8-17-9-18-15(10)21-7-3-6-13(21)14-19-11-4-1-2-5-12(11)20-14/h8-9,13H,1-7H2,(H,19,20)/t13-/m1/s1. The molecular formula is C15H18BrN5. The van der Waals surface area contributed by atoms with Crippen LogP contribution in [0.4, 0.5) is 5.82 Å². The van der Waals surface area contributed by atoms with Crippen LogP contribution in [0.2, 0.25) is 0 Å². The maximum absolute atomic E-state index is 4.88. The summed E-state index contributed by atoms with van der Waals surface area (Å²) in [6.07, 6.45) is 10.5. The lowest BCUT2D eigenvalue weighted by Gasteiger charge is -2.24. The van der Waals surface area contributed by atoms with E-state index in [1.54, 1.807) is 6.33 Å². The minimum absolute atomic E-state index is 0.307. The van der Waals surface area contributed by atoms with Gasteiger partial charge in [0, 0.05) is 18.4 Å². The highest BCUT2D eigenvalue weighted by Gasteiger charge is 2.31. The number of fused-ring (bicyclic) bond motifs is 1. The van der Waals surface area contributed by atoms with Gasteiger partial charge in [-0.2, -0.15) is 0 Å². The van der Waals surface area contributed by atoms with Crippen molar-refractivity contribution in [2.75, 3.05) is 11.4 Å². The highest BCUT2D eigenvalue weighted by atomic mass is 79.9. The highest BCUT2D eigenvalue weighted by Crippen LogP contribution is 2.37. The van der Waals surface area contributed by atoms with Gasteiger partial charge in [0.2, 0.25) is 0 Å². The Bertz CT molecular complexity index is 630. The minimum atomic E-state index is 0.307. The van der Waals surface area contributed by atoms with E-state index in [2.05, 4.69) is 35.8 Å². The fraction of sp³-hybridized carbons (Fsp3) is 0.533. The Kier molecular flexibility index (Phi) is 3.41. The van der Waals surface area contributed by atoms with Crippen molar-refractivity contribution in [1.82, 2.24) is 19.9 Å². The van der Waals surface area contributed by atoms with Crippen molar-refractivity contribution in [3.05, 3.63) is 34.2 Å². The molecule has 1 atom stereocenters. The molecule has 0 spiro atoms. The van der Waals surface area contributed by atoms with Crippen LogP contribution >= 0.6 is 15.9 Å². The van der Waals surface area contributed by atoms with Crippen molar-refractivity contribution in [1.29, 1.82) is 0 Å². The number of nitrogens with zero attached hydrogens (tertiary/aromatic N) is 4. The molecule has 1 fully saturated rings. The summed E-state index contributed by atoms with van der Waals surface area (Å²) in [5.74, 6) is 2.09. The van der Waals surface area contributed by atoms with E-state index < -0.39 is 0 Å². The molecule has 1 saturated heterocycles. The van der Waals surface area contributed by atoms with Crippen LogP contribution in [-0.2, 0) is 12.8 Å². The van der Waals surface area contributed by atoms with Crippen molar-refractivity contribution < 1.29 is 0 Å². The molecule has 2 aromatic rings. The molecule has 0 aromatic carbocycles. The lowest BCUT2D eigenvalue weighted by molar-refractivity contribution is 0.665. The zero-order chi connectivity index (χ0) is 14.2. The molecule has 6 heteroatoms. The lowest BCUT2D eigenvalue weighted by Crippen LogP contribution is -2.25. The number of anilines is 1. The molecule has 110 valence electrons. The third kappa shape index (κ3) is 2.35. The van der Waals surface area contributed by atoms with Gasteiger partial charge in [-0.05, 0) is 54.5 Å². The van der Waals surface area contributed by atoms with E-state index in [-0.39, 0.29) is 0 Å². The van der Waals surface area contributed by atoms with Crippen LogP contribution in [0, 0.1) is 0 Å². The summed E-state index contributed by atoms with van der Waals surface area (Å²) in [5.41, 5.74) is 2.63. The lowest BCUT2D eigenvalue weighted by atomic mass is 10.0. The predicted octanol–water partition coefficient (Wildman–Crippen LogP) is 3.18. The molecule has 21 heavy (non-hydrogen) atoms. The second-order valence-corrected chi connectivity index (χ2v) is 6.65. The summed E-state index contributed by atoms with van der Waals surface area (Å²) in [5, 5.41) is 0.